The lowest BCUT2D eigenvalue weighted by molar-refractivity contribution is -0.167. The standard InChI is InChI=1S/C57H106O6/c1-4-7-10-13-16-19-22-25-27-28-30-32-35-38-41-44-47-50-56(59)62-53-54(52-61-55(58)49-46-43-40-37-34-31-24-21-18-15-12-9-6-3)63-57(60)51-48-45-42-39-36-33-29-26-23-20-17-14-11-8-5-2/h25-27,29,54H,4-24,28,30-53H2,1-3H3. The number of unbranched alkanes of at least 4 members (excludes halogenated alkanes) is 36. The first-order valence-electron chi connectivity index (χ1n) is 27.8. The van der Waals surface area contributed by atoms with Crippen molar-refractivity contribution in [3.05, 3.63) is 24.3 Å². The minimum Gasteiger partial charge on any atom is -0.462 e. The van der Waals surface area contributed by atoms with E-state index in [1.165, 1.54) is 199 Å². The smallest absolute Gasteiger partial charge is 0.306 e. The molecule has 63 heavy (non-hydrogen) atoms. The van der Waals surface area contributed by atoms with Crippen LogP contribution in [-0.4, -0.2) is 37.2 Å². The molecule has 0 aromatic rings. The molecule has 0 N–H and O–H groups in total. The predicted molar refractivity (Wildman–Crippen MR) is 270 cm³/mol. The minimum absolute atomic E-state index is 0.0718. The highest BCUT2D eigenvalue weighted by molar-refractivity contribution is 5.71. The Morgan fingerprint density at radius 3 is 0.794 bits per heavy atom. The molecule has 0 fully saturated rings. The lowest BCUT2D eigenvalue weighted by Gasteiger charge is -2.18. The SMILES string of the molecule is CCCCCCCCC=CCCCCCCCCCC(=O)OCC(COC(=O)CCCCCCCCCCCCCCC)OC(=O)CCCCCCCC=CCCCCCCCC. The second kappa shape index (κ2) is 52.5. The zero-order valence-corrected chi connectivity index (χ0v) is 42.4. The molecule has 0 aromatic carbocycles. The Kier molecular flexibility index (Phi) is 50.8. The van der Waals surface area contributed by atoms with Crippen LogP contribution < -0.4 is 0 Å². The fourth-order valence-electron chi connectivity index (χ4n) is 8.20. The molecule has 0 radical (unpaired) electrons. The maximum Gasteiger partial charge on any atom is 0.306 e. The summed E-state index contributed by atoms with van der Waals surface area (Å²) in [6, 6.07) is 0. The van der Waals surface area contributed by atoms with Crippen molar-refractivity contribution < 1.29 is 28.6 Å². The number of allylic oxidation sites excluding steroid dienone is 4. The lowest BCUT2D eigenvalue weighted by Crippen LogP contribution is -2.30. The van der Waals surface area contributed by atoms with Crippen LogP contribution in [0.15, 0.2) is 24.3 Å². The Bertz CT molecular complexity index is 1020. The zero-order chi connectivity index (χ0) is 45.8. The first kappa shape index (κ1) is 60.9. The van der Waals surface area contributed by atoms with Crippen molar-refractivity contribution >= 4 is 17.9 Å². The molecule has 0 heterocycles. The van der Waals surface area contributed by atoms with E-state index in [1.807, 2.05) is 0 Å². The predicted octanol–water partition coefficient (Wildman–Crippen LogP) is 18.3. The molecule has 0 amide bonds. The number of ether oxygens (including phenoxy) is 3. The molecule has 0 bridgehead atoms. The van der Waals surface area contributed by atoms with E-state index in [1.54, 1.807) is 0 Å². The van der Waals surface area contributed by atoms with Gasteiger partial charge in [-0.1, -0.05) is 238 Å². The third-order valence-electron chi connectivity index (χ3n) is 12.4. The summed E-state index contributed by atoms with van der Waals surface area (Å²) >= 11 is 0. The van der Waals surface area contributed by atoms with Crippen molar-refractivity contribution in [3.63, 3.8) is 0 Å². The van der Waals surface area contributed by atoms with Gasteiger partial charge in [0.05, 0.1) is 0 Å². The van der Waals surface area contributed by atoms with Crippen LogP contribution in [0.4, 0.5) is 0 Å². The van der Waals surface area contributed by atoms with Gasteiger partial charge in [-0.2, -0.15) is 0 Å². The summed E-state index contributed by atoms with van der Waals surface area (Å²) < 4.78 is 16.8. The van der Waals surface area contributed by atoms with Crippen LogP contribution in [0.3, 0.4) is 0 Å². The van der Waals surface area contributed by atoms with Crippen LogP contribution in [0, 0.1) is 0 Å². The van der Waals surface area contributed by atoms with E-state index in [0.717, 1.165) is 64.2 Å². The summed E-state index contributed by atoms with van der Waals surface area (Å²) in [5.41, 5.74) is 0. The van der Waals surface area contributed by atoms with E-state index in [-0.39, 0.29) is 31.1 Å². The van der Waals surface area contributed by atoms with Crippen LogP contribution in [0.2, 0.25) is 0 Å². The first-order chi connectivity index (χ1) is 31.0. The fraction of sp³-hybridized carbons (Fsp3) is 0.877. The van der Waals surface area contributed by atoms with Crippen molar-refractivity contribution in [3.8, 4) is 0 Å². The summed E-state index contributed by atoms with van der Waals surface area (Å²) in [4.78, 5) is 38.1. The normalized spacial score (nSPS) is 12.1. The molecule has 370 valence electrons. The van der Waals surface area contributed by atoms with E-state index in [4.69, 9.17) is 14.2 Å². The molecule has 0 aliphatic rings. The molecule has 0 aromatic heterocycles. The van der Waals surface area contributed by atoms with Crippen molar-refractivity contribution in [1.82, 2.24) is 0 Å². The monoisotopic (exact) mass is 887 g/mol. The topological polar surface area (TPSA) is 78.9 Å². The average molecular weight is 887 g/mol. The highest BCUT2D eigenvalue weighted by Crippen LogP contribution is 2.16. The van der Waals surface area contributed by atoms with Crippen LogP contribution in [0.5, 0.6) is 0 Å². The number of esters is 3. The van der Waals surface area contributed by atoms with Crippen LogP contribution in [0.1, 0.15) is 303 Å². The highest BCUT2D eigenvalue weighted by atomic mass is 16.6. The fourth-order valence-corrected chi connectivity index (χ4v) is 8.20. The Morgan fingerprint density at radius 1 is 0.302 bits per heavy atom. The summed E-state index contributed by atoms with van der Waals surface area (Å²) in [6.45, 7) is 6.65. The number of hydrogen-bond donors (Lipinski definition) is 0. The highest BCUT2D eigenvalue weighted by Gasteiger charge is 2.19. The second-order valence-corrected chi connectivity index (χ2v) is 18.8. The molecule has 1 unspecified atom stereocenters. The van der Waals surface area contributed by atoms with Crippen LogP contribution in [-0.2, 0) is 28.6 Å². The molecule has 0 rings (SSSR count). The third kappa shape index (κ3) is 50.7. The number of hydrogen-bond acceptors (Lipinski definition) is 6. The van der Waals surface area contributed by atoms with E-state index in [9.17, 15) is 14.4 Å². The van der Waals surface area contributed by atoms with Gasteiger partial charge < -0.3 is 14.2 Å². The van der Waals surface area contributed by atoms with E-state index >= 15 is 0 Å². The van der Waals surface area contributed by atoms with Gasteiger partial charge in [0.25, 0.3) is 0 Å². The number of rotatable bonds is 51. The largest absolute Gasteiger partial charge is 0.462 e. The Balaban J connectivity index is 4.34. The van der Waals surface area contributed by atoms with Gasteiger partial charge in [0, 0.05) is 19.3 Å². The van der Waals surface area contributed by atoms with Gasteiger partial charge in [-0.25, -0.2) is 0 Å². The summed E-state index contributed by atoms with van der Waals surface area (Å²) in [5, 5.41) is 0. The molecule has 0 spiro atoms. The van der Waals surface area contributed by atoms with Crippen LogP contribution >= 0.6 is 0 Å². The molecule has 0 aliphatic heterocycles. The van der Waals surface area contributed by atoms with Gasteiger partial charge in [0.15, 0.2) is 6.10 Å². The second-order valence-electron chi connectivity index (χ2n) is 18.8. The maximum atomic E-state index is 12.8. The Hall–Kier alpha value is -2.11. The molecular weight excluding hydrogens is 781 g/mol. The first-order valence-corrected chi connectivity index (χ1v) is 27.8. The molecule has 0 aliphatic carbocycles. The van der Waals surface area contributed by atoms with Crippen LogP contribution in [0.25, 0.3) is 0 Å². The molecule has 6 heteroatoms. The summed E-state index contributed by atoms with van der Waals surface area (Å²) in [5.74, 6) is -0.868. The van der Waals surface area contributed by atoms with Crippen molar-refractivity contribution in [2.45, 2.75) is 309 Å². The Labute approximate surface area is 392 Å². The van der Waals surface area contributed by atoms with E-state index in [2.05, 4.69) is 45.1 Å². The summed E-state index contributed by atoms with van der Waals surface area (Å²) in [7, 11) is 0. The van der Waals surface area contributed by atoms with E-state index in [0.29, 0.717) is 19.3 Å². The van der Waals surface area contributed by atoms with Crippen molar-refractivity contribution in [1.29, 1.82) is 0 Å². The lowest BCUT2D eigenvalue weighted by atomic mass is 10.0. The van der Waals surface area contributed by atoms with Gasteiger partial charge in [0.2, 0.25) is 0 Å². The van der Waals surface area contributed by atoms with Gasteiger partial charge in [-0.3, -0.25) is 14.4 Å². The number of carbonyl (C=O) groups excluding carboxylic acids is 3. The van der Waals surface area contributed by atoms with Gasteiger partial charge in [-0.15, -0.1) is 0 Å². The van der Waals surface area contributed by atoms with Crippen molar-refractivity contribution in [2.24, 2.45) is 0 Å². The molecule has 6 nitrogen and oxygen atoms in total. The number of carbonyl (C=O) groups is 3. The Morgan fingerprint density at radius 2 is 0.524 bits per heavy atom. The summed E-state index contributed by atoms with van der Waals surface area (Å²) in [6.07, 6.45) is 60.2. The molecular formula is C57H106O6. The zero-order valence-electron chi connectivity index (χ0n) is 42.4. The minimum atomic E-state index is -0.773. The van der Waals surface area contributed by atoms with Crippen molar-refractivity contribution in [2.75, 3.05) is 13.2 Å². The molecule has 0 saturated carbocycles. The molecule has 0 saturated heterocycles. The maximum absolute atomic E-state index is 12.8. The quantitative estimate of drug-likeness (QED) is 0.0262. The molecule has 1 atom stereocenters. The van der Waals surface area contributed by atoms with Gasteiger partial charge in [0.1, 0.15) is 13.2 Å². The average Bonchev–Trinajstić information content (AvgIpc) is 3.28. The van der Waals surface area contributed by atoms with E-state index < -0.39 is 6.10 Å². The third-order valence-corrected chi connectivity index (χ3v) is 12.4. The van der Waals surface area contributed by atoms with Gasteiger partial charge >= 0.3 is 17.9 Å². The van der Waals surface area contributed by atoms with Gasteiger partial charge in [-0.05, 0) is 70.6 Å².